The van der Waals surface area contributed by atoms with Gasteiger partial charge < -0.3 is 14.4 Å². The lowest BCUT2D eigenvalue weighted by atomic mass is 10.2. The summed E-state index contributed by atoms with van der Waals surface area (Å²) in [7, 11) is 1.70. The Bertz CT molecular complexity index is 759. The molecule has 0 N–H and O–H groups in total. The van der Waals surface area contributed by atoms with Crippen molar-refractivity contribution in [1.29, 1.82) is 0 Å². The first-order chi connectivity index (χ1) is 11.7. The Kier molecular flexibility index (Phi) is 6.36. The van der Waals surface area contributed by atoms with Gasteiger partial charge in [-0.15, -0.1) is 0 Å². The number of amides is 1. The summed E-state index contributed by atoms with van der Waals surface area (Å²) >= 11 is 9.41. The van der Waals surface area contributed by atoms with Crippen molar-refractivity contribution in [2.45, 2.75) is 32.9 Å². The van der Waals surface area contributed by atoms with Crippen molar-refractivity contribution in [2.75, 3.05) is 7.05 Å². The van der Waals surface area contributed by atoms with Crippen LogP contribution in [-0.2, 0) is 11.3 Å². The van der Waals surface area contributed by atoms with Gasteiger partial charge in [-0.1, -0.05) is 29.8 Å². The van der Waals surface area contributed by atoms with Crippen molar-refractivity contribution in [3.8, 4) is 11.5 Å². The van der Waals surface area contributed by atoms with E-state index in [1.807, 2.05) is 45.0 Å². The summed E-state index contributed by atoms with van der Waals surface area (Å²) in [5, 5.41) is 0.622. The van der Waals surface area contributed by atoms with E-state index in [0.717, 1.165) is 10.0 Å². The minimum Gasteiger partial charge on any atom is -0.456 e. The molecule has 0 saturated carbocycles. The van der Waals surface area contributed by atoms with Crippen molar-refractivity contribution in [3.05, 3.63) is 57.5 Å². The fourth-order valence-corrected chi connectivity index (χ4v) is 2.83. The lowest BCUT2D eigenvalue weighted by molar-refractivity contribution is 0.0284. The van der Waals surface area contributed by atoms with Crippen molar-refractivity contribution < 1.29 is 14.3 Å². The number of halogens is 2. The van der Waals surface area contributed by atoms with Crippen LogP contribution in [0, 0.1) is 0 Å². The van der Waals surface area contributed by atoms with Crippen LogP contribution < -0.4 is 4.74 Å². The number of hydrogen-bond donors (Lipinski definition) is 0. The van der Waals surface area contributed by atoms with Crippen LogP contribution >= 0.6 is 27.5 Å². The Labute approximate surface area is 161 Å². The molecule has 0 aliphatic heterocycles. The second-order valence-corrected chi connectivity index (χ2v) is 7.91. The van der Waals surface area contributed by atoms with Crippen LogP contribution in [-0.4, -0.2) is 23.6 Å². The highest BCUT2D eigenvalue weighted by molar-refractivity contribution is 9.10. The van der Waals surface area contributed by atoms with Crippen LogP contribution in [0.3, 0.4) is 0 Å². The summed E-state index contributed by atoms with van der Waals surface area (Å²) < 4.78 is 12.1. The third-order valence-electron chi connectivity index (χ3n) is 3.20. The van der Waals surface area contributed by atoms with Gasteiger partial charge in [0.25, 0.3) is 0 Å². The number of carbonyl (C=O) groups is 1. The Morgan fingerprint density at radius 3 is 2.48 bits per heavy atom. The van der Waals surface area contributed by atoms with Crippen LogP contribution in [0.4, 0.5) is 4.79 Å². The second-order valence-electron chi connectivity index (χ2n) is 6.62. The SMILES string of the molecule is CN(Cc1ccccc1Oc1ccc(Cl)cc1Br)C(=O)OC(C)(C)C. The lowest BCUT2D eigenvalue weighted by Gasteiger charge is -2.25. The summed E-state index contributed by atoms with van der Waals surface area (Å²) in [6.45, 7) is 5.89. The highest BCUT2D eigenvalue weighted by Gasteiger charge is 2.20. The molecule has 0 bridgehead atoms. The minimum atomic E-state index is -0.532. The summed E-state index contributed by atoms with van der Waals surface area (Å²) in [5.41, 5.74) is 0.341. The maximum Gasteiger partial charge on any atom is 0.410 e. The number of benzene rings is 2. The smallest absolute Gasteiger partial charge is 0.410 e. The second kappa shape index (κ2) is 8.11. The van der Waals surface area contributed by atoms with E-state index < -0.39 is 5.60 Å². The molecule has 0 saturated heterocycles. The van der Waals surface area contributed by atoms with Gasteiger partial charge in [0.15, 0.2) is 0 Å². The van der Waals surface area contributed by atoms with Crippen molar-refractivity contribution >= 4 is 33.6 Å². The Morgan fingerprint density at radius 2 is 1.84 bits per heavy atom. The quantitative estimate of drug-likeness (QED) is 0.579. The molecule has 0 fully saturated rings. The van der Waals surface area contributed by atoms with Gasteiger partial charge in [0.05, 0.1) is 11.0 Å². The van der Waals surface area contributed by atoms with Gasteiger partial charge in [-0.05, 0) is 61.0 Å². The highest BCUT2D eigenvalue weighted by Crippen LogP contribution is 2.33. The normalized spacial score (nSPS) is 11.1. The van der Waals surface area contributed by atoms with Crippen LogP contribution in [0.25, 0.3) is 0 Å². The number of para-hydroxylation sites is 1. The lowest BCUT2D eigenvalue weighted by Crippen LogP contribution is -2.33. The zero-order valence-corrected chi connectivity index (χ0v) is 17.0. The van der Waals surface area contributed by atoms with Crippen molar-refractivity contribution in [2.24, 2.45) is 0 Å². The van der Waals surface area contributed by atoms with E-state index >= 15 is 0 Å². The molecule has 2 aromatic carbocycles. The maximum absolute atomic E-state index is 12.2. The predicted octanol–water partition coefficient (Wildman–Crippen LogP) is 6.26. The number of rotatable bonds is 4. The zero-order chi connectivity index (χ0) is 18.6. The third kappa shape index (κ3) is 5.94. The third-order valence-corrected chi connectivity index (χ3v) is 4.05. The van der Waals surface area contributed by atoms with Crippen LogP contribution in [0.2, 0.25) is 5.02 Å². The number of nitrogens with zero attached hydrogens (tertiary/aromatic N) is 1. The van der Waals surface area contributed by atoms with Crippen LogP contribution in [0.15, 0.2) is 46.9 Å². The molecule has 1 amide bonds. The first kappa shape index (κ1) is 19.6. The Morgan fingerprint density at radius 1 is 1.16 bits per heavy atom. The largest absolute Gasteiger partial charge is 0.456 e. The van der Waals surface area contributed by atoms with Gasteiger partial charge in [-0.25, -0.2) is 4.79 Å². The van der Waals surface area contributed by atoms with Gasteiger partial charge in [0, 0.05) is 17.6 Å². The van der Waals surface area contributed by atoms with Gasteiger partial charge in [-0.2, -0.15) is 0 Å². The molecular weight excluding hydrogens is 406 g/mol. The summed E-state index contributed by atoms with van der Waals surface area (Å²) in [6, 6.07) is 12.9. The van der Waals surface area contributed by atoms with Gasteiger partial charge in [-0.3, -0.25) is 0 Å². The molecule has 0 aromatic heterocycles. The topological polar surface area (TPSA) is 38.8 Å². The fraction of sp³-hybridized carbons (Fsp3) is 0.316. The van der Waals surface area contributed by atoms with E-state index in [4.69, 9.17) is 21.1 Å². The van der Waals surface area contributed by atoms with E-state index in [-0.39, 0.29) is 6.09 Å². The molecule has 6 heteroatoms. The number of hydrogen-bond acceptors (Lipinski definition) is 3. The molecule has 0 atom stereocenters. The van der Waals surface area contributed by atoms with Gasteiger partial charge in [0.2, 0.25) is 0 Å². The molecular formula is C19H21BrClNO3. The molecule has 4 nitrogen and oxygen atoms in total. The highest BCUT2D eigenvalue weighted by atomic mass is 79.9. The Hall–Kier alpha value is -1.72. The average Bonchev–Trinajstić information content (AvgIpc) is 2.50. The molecule has 0 aliphatic carbocycles. The molecule has 0 unspecified atom stereocenters. The van der Waals surface area contributed by atoms with Gasteiger partial charge >= 0.3 is 6.09 Å². The van der Waals surface area contributed by atoms with E-state index in [1.165, 1.54) is 4.90 Å². The van der Waals surface area contributed by atoms with E-state index in [2.05, 4.69) is 15.9 Å². The summed E-state index contributed by atoms with van der Waals surface area (Å²) in [4.78, 5) is 13.7. The molecule has 2 rings (SSSR count). The number of ether oxygens (including phenoxy) is 2. The van der Waals surface area contributed by atoms with Crippen LogP contribution in [0.5, 0.6) is 11.5 Å². The predicted molar refractivity (Wildman–Crippen MR) is 103 cm³/mol. The van der Waals surface area contributed by atoms with Gasteiger partial charge in [0.1, 0.15) is 17.1 Å². The van der Waals surface area contributed by atoms with Crippen molar-refractivity contribution in [3.63, 3.8) is 0 Å². The average molecular weight is 427 g/mol. The monoisotopic (exact) mass is 425 g/mol. The molecule has 134 valence electrons. The molecule has 0 heterocycles. The Balaban J connectivity index is 2.16. The van der Waals surface area contributed by atoms with E-state index in [0.29, 0.717) is 23.1 Å². The minimum absolute atomic E-state index is 0.371. The summed E-state index contributed by atoms with van der Waals surface area (Å²) in [6.07, 6.45) is -0.380. The molecule has 0 aliphatic rings. The first-order valence-corrected chi connectivity index (χ1v) is 8.98. The molecule has 2 aromatic rings. The maximum atomic E-state index is 12.2. The molecule has 0 spiro atoms. The fourth-order valence-electron chi connectivity index (χ4n) is 2.07. The molecule has 25 heavy (non-hydrogen) atoms. The standard InChI is InChI=1S/C19H21BrClNO3/c1-19(2,3)25-18(23)22(4)12-13-7-5-6-8-16(13)24-17-10-9-14(21)11-15(17)20/h5-11H,12H2,1-4H3. The zero-order valence-electron chi connectivity index (χ0n) is 14.7. The van der Waals surface area contributed by atoms with E-state index in [9.17, 15) is 4.79 Å². The first-order valence-electron chi connectivity index (χ1n) is 7.80. The van der Waals surface area contributed by atoms with Crippen LogP contribution in [0.1, 0.15) is 26.3 Å². The molecule has 0 radical (unpaired) electrons. The van der Waals surface area contributed by atoms with E-state index in [1.54, 1.807) is 25.2 Å². The summed E-state index contributed by atoms with van der Waals surface area (Å²) in [5.74, 6) is 1.32. The van der Waals surface area contributed by atoms with Crippen molar-refractivity contribution in [1.82, 2.24) is 4.90 Å². The number of carbonyl (C=O) groups excluding carboxylic acids is 1.